The number of hydrogen-bond donors (Lipinski definition) is 3. The van der Waals surface area contributed by atoms with E-state index in [1.54, 1.807) is 36.2 Å². The second-order valence-electron chi connectivity index (χ2n) is 11.8. The zero-order chi connectivity index (χ0) is 31.5. The van der Waals surface area contributed by atoms with Gasteiger partial charge in [-0.1, -0.05) is 52.0 Å². The SMILES string of the molecule is CCOc1ccc(CNC(=O)[C@@H]2CC(=O)N[C@H](CC(C)C)C(=O)N(C)[C@@H](CC(C)C)COc3ccccc3C(=O)N2)cc1. The van der Waals surface area contributed by atoms with Gasteiger partial charge in [0.1, 0.15) is 30.2 Å². The minimum absolute atomic E-state index is 0.126. The molecule has 1 heterocycles. The molecule has 2 aromatic carbocycles. The quantitative estimate of drug-likeness (QED) is 0.407. The van der Waals surface area contributed by atoms with E-state index in [9.17, 15) is 19.2 Å². The summed E-state index contributed by atoms with van der Waals surface area (Å²) in [6.07, 6.45) is 0.758. The van der Waals surface area contributed by atoms with Crippen molar-refractivity contribution in [3.8, 4) is 11.5 Å². The summed E-state index contributed by atoms with van der Waals surface area (Å²) >= 11 is 0. The number of amides is 4. The van der Waals surface area contributed by atoms with Crippen LogP contribution < -0.4 is 25.4 Å². The van der Waals surface area contributed by atoms with Crippen LogP contribution in [0.1, 0.15) is 69.8 Å². The summed E-state index contributed by atoms with van der Waals surface area (Å²) in [5, 5.41) is 8.40. The second kappa shape index (κ2) is 16.0. The Morgan fingerprint density at radius 3 is 2.33 bits per heavy atom. The van der Waals surface area contributed by atoms with Crippen LogP contribution in [0, 0.1) is 11.8 Å². The number of benzene rings is 2. The van der Waals surface area contributed by atoms with Crippen molar-refractivity contribution in [3.63, 3.8) is 0 Å². The number of carbonyl (C=O) groups excluding carboxylic acids is 4. The summed E-state index contributed by atoms with van der Waals surface area (Å²) in [5.74, 6) is -0.321. The molecule has 10 nitrogen and oxygen atoms in total. The van der Waals surface area contributed by atoms with E-state index in [2.05, 4.69) is 29.8 Å². The number of fused-ring (bicyclic) bond motifs is 1. The average molecular weight is 595 g/mol. The summed E-state index contributed by atoms with van der Waals surface area (Å²) in [5.41, 5.74) is 1.06. The van der Waals surface area contributed by atoms with E-state index in [-0.39, 0.29) is 48.9 Å². The van der Waals surface area contributed by atoms with Crippen LogP contribution in [0.15, 0.2) is 48.5 Å². The lowest BCUT2D eigenvalue weighted by Gasteiger charge is -2.33. The first kappa shape index (κ1) is 33.4. The number of nitrogens with zero attached hydrogens (tertiary/aromatic N) is 1. The van der Waals surface area contributed by atoms with Crippen molar-refractivity contribution in [2.75, 3.05) is 20.3 Å². The molecule has 0 bridgehead atoms. The molecule has 3 rings (SSSR count). The topological polar surface area (TPSA) is 126 Å². The molecule has 0 unspecified atom stereocenters. The Morgan fingerprint density at radius 2 is 1.67 bits per heavy atom. The summed E-state index contributed by atoms with van der Waals surface area (Å²) < 4.78 is 11.6. The van der Waals surface area contributed by atoms with Crippen LogP contribution in [0.3, 0.4) is 0 Å². The van der Waals surface area contributed by atoms with Crippen LogP contribution in [0.2, 0.25) is 0 Å². The van der Waals surface area contributed by atoms with Crippen molar-refractivity contribution in [1.29, 1.82) is 0 Å². The first-order chi connectivity index (χ1) is 20.5. The third kappa shape index (κ3) is 10.0. The molecule has 234 valence electrons. The molecule has 0 saturated carbocycles. The molecule has 0 fully saturated rings. The van der Waals surface area contributed by atoms with Gasteiger partial charge in [-0.05, 0) is 61.4 Å². The Morgan fingerprint density at radius 1 is 1.00 bits per heavy atom. The fourth-order valence-electron chi connectivity index (χ4n) is 5.03. The summed E-state index contributed by atoms with van der Waals surface area (Å²) in [6, 6.07) is 11.8. The number of rotatable bonds is 9. The highest BCUT2D eigenvalue weighted by Crippen LogP contribution is 2.22. The zero-order valence-corrected chi connectivity index (χ0v) is 26.1. The number of para-hydroxylation sites is 1. The van der Waals surface area contributed by atoms with Crippen LogP contribution in [0.25, 0.3) is 0 Å². The van der Waals surface area contributed by atoms with E-state index < -0.39 is 29.8 Å². The van der Waals surface area contributed by atoms with Crippen molar-refractivity contribution < 1.29 is 28.7 Å². The molecule has 0 radical (unpaired) electrons. The second-order valence-corrected chi connectivity index (χ2v) is 11.8. The van der Waals surface area contributed by atoms with Gasteiger partial charge < -0.3 is 30.3 Å². The Bertz CT molecular complexity index is 1250. The fraction of sp³-hybridized carbons (Fsp3) is 0.515. The summed E-state index contributed by atoms with van der Waals surface area (Å²) in [4.78, 5) is 55.6. The number of hydrogen-bond acceptors (Lipinski definition) is 6. The number of carbonyl (C=O) groups is 4. The first-order valence-electron chi connectivity index (χ1n) is 15.1. The third-order valence-corrected chi connectivity index (χ3v) is 7.25. The van der Waals surface area contributed by atoms with Gasteiger partial charge in [0, 0.05) is 13.6 Å². The molecule has 1 aliphatic rings. The highest BCUT2D eigenvalue weighted by molar-refractivity contribution is 6.01. The molecule has 3 N–H and O–H groups in total. The maximum absolute atomic E-state index is 13.7. The van der Waals surface area contributed by atoms with Gasteiger partial charge in [-0.3, -0.25) is 19.2 Å². The lowest BCUT2D eigenvalue weighted by molar-refractivity contribution is -0.138. The molecular weight excluding hydrogens is 548 g/mol. The molecule has 4 amide bonds. The van der Waals surface area contributed by atoms with Crippen molar-refractivity contribution in [1.82, 2.24) is 20.9 Å². The Labute approximate surface area is 254 Å². The van der Waals surface area contributed by atoms with Gasteiger partial charge >= 0.3 is 0 Å². The Kier molecular flexibility index (Phi) is 12.4. The molecule has 0 saturated heterocycles. The van der Waals surface area contributed by atoms with Crippen molar-refractivity contribution >= 4 is 23.6 Å². The van der Waals surface area contributed by atoms with Gasteiger partial charge in [0.15, 0.2) is 0 Å². The zero-order valence-electron chi connectivity index (χ0n) is 26.1. The van der Waals surface area contributed by atoms with Crippen LogP contribution in [-0.4, -0.2) is 66.9 Å². The van der Waals surface area contributed by atoms with Crippen LogP contribution in [0.4, 0.5) is 0 Å². The standard InChI is InChI=1S/C33H46N4O6/c1-7-42-25-14-12-23(13-15-25)19-34-32(40)27-18-30(38)35-28(17-22(4)5)33(41)37(6)24(16-21(2)3)20-43-29-11-9-8-10-26(29)31(39)36-27/h8-15,21-22,24,27-28H,7,16-20H2,1-6H3,(H,34,40)(H,35,38)(H,36,39)/t24-,27-,28+/m0/s1. The highest BCUT2D eigenvalue weighted by Gasteiger charge is 2.33. The number of nitrogens with one attached hydrogen (secondary N) is 3. The van der Waals surface area contributed by atoms with Crippen LogP contribution in [-0.2, 0) is 20.9 Å². The van der Waals surface area contributed by atoms with E-state index >= 15 is 0 Å². The van der Waals surface area contributed by atoms with Gasteiger partial charge in [-0.25, -0.2) is 0 Å². The van der Waals surface area contributed by atoms with Crippen molar-refractivity contribution in [3.05, 3.63) is 59.7 Å². The predicted octanol–water partition coefficient (Wildman–Crippen LogP) is 3.69. The molecule has 0 aromatic heterocycles. The van der Waals surface area contributed by atoms with E-state index in [0.717, 1.165) is 11.3 Å². The van der Waals surface area contributed by atoms with E-state index in [4.69, 9.17) is 9.47 Å². The highest BCUT2D eigenvalue weighted by atomic mass is 16.5. The van der Waals surface area contributed by atoms with Gasteiger partial charge in [-0.15, -0.1) is 0 Å². The molecule has 2 aromatic rings. The lowest BCUT2D eigenvalue weighted by Crippen LogP contribution is -2.54. The largest absolute Gasteiger partial charge is 0.494 e. The van der Waals surface area contributed by atoms with Gasteiger partial charge in [-0.2, -0.15) is 0 Å². The van der Waals surface area contributed by atoms with Crippen molar-refractivity contribution in [2.24, 2.45) is 11.8 Å². The molecule has 1 aliphatic heterocycles. The maximum Gasteiger partial charge on any atom is 0.255 e. The third-order valence-electron chi connectivity index (χ3n) is 7.25. The number of likely N-dealkylation sites (N-methyl/N-ethyl adjacent to an activating group) is 1. The van der Waals surface area contributed by atoms with Crippen LogP contribution >= 0.6 is 0 Å². The van der Waals surface area contributed by atoms with E-state index in [1.165, 1.54) is 0 Å². The predicted molar refractivity (Wildman–Crippen MR) is 165 cm³/mol. The Balaban J connectivity index is 1.90. The fourth-order valence-corrected chi connectivity index (χ4v) is 5.03. The van der Waals surface area contributed by atoms with E-state index in [0.29, 0.717) is 25.2 Å². The van der Waals surface area contributed by atoms with Gasteiger partial charge in [0.25, 0.3) is 5.91 Å². The van der Waals surface area contributed by atoms with Crippen molar-refractivity contribution in [2.45, 2.75) is 78.6 Å². The molecule has 43 heavy (non-hydrogen) atoms. The molecule has 10 heteroatoms. The minimum Gasteiger partial charge on any atom is -0.494 e. The maximum atomic E-state index is 13.7. The first-order valence-corrected chi connectivity index (χ1v) is 15.1. The molecule has 0 spiro atoms. The molecule has 3 atom stereocenters. The molecular formula is C33H46N4O6. The molecule has 0 aliphatic carbocycles. The smallest absolute Gasteiger partial charge is 0.255 e. The van der Waals surface area contributed by atoms with Gasteiger partial charge in [0.2, 0.25) is 17.7 Å². The Hall–Kier alpha value is -4.08. The monoisotopic (exact) mass is 594 g/mol. The summed E-state index contributed by atoms with van der Waals surface area (Å²) in [7, 11) is 1.72. The summed E-state index contributed by atoms with van der Waals surface area (Å²) in [6.45, 7) is 10.9. The van der Waals surface area contributed by atoms with Gasteiger partial charge in [0.05, 0.1) is 24.6 Å². The lowest BCUT2D eigenvalue weighted by atomic mass is 9.99. The number of ether oxygens (including phenoxy) is 2. The average Bonchev–Trinajstić information content (AvgIpc) is 2.96. The normalized spacial score (nSPS) is 20.0. The minimum atomic E-state index is -1.19. The van der Waals surface area contributed by atoms with E-state index in [1.807, 2.05) is 45.0 Å². The van der Waals surface area contributed by atoms with Crippen LogP contribution in [0.5, 0.6) is 11.5 Å².